The number of hydrogen-bond donors (Lipinski definition) is 2. The predicted octanol–water partition coefficient (Wildman–Crippen LogP) is -1.23. The average Bonchev–Trinajstić information content (AvgIpc) is 1.96. The standard InChI is InChI=1S/C6H7N3O3/c1-3-2-9(5(7)11)6(12)8-4(3)10/h2H,1H3,(H2,7,11)(H,8,10,12). The van der Waals surface area contributed by atoms with Gasteiger partial charge in [0.25, 0.3) is 5.56 Å². The first-order valence-corrected chi connectivity index (χ1v) is 3.15. The Morgan fingerprint density at radius 1 is 1.58 bits per heavy atom. The van der Waals surface area contributed by atoms with Crippen LogP contribution in [0.3, 0.4) is 0 Å². The lowest BCUT2D eigenvalue weighted by Gasteiger charge is -1.98. The van der Waals surface area contributed by atoms with E-state index in [-0.39, 0.29) is 5.56 Å². The summed E-state index contributed by atoms with van der Waals surface area (Å²) < 4.78 is 0.636. The number of aromatic nitrogens is 2. The second-order valence-corrected chi connectivity index (χ2v) is 2.28. The molecule has 0 aliphatic heterocycles. The van der Waals surface area contributed by atoms with E-state index in [0.29, 0.717) is 4.57 Å². The first kappa shape index (κ1) is 8.25. The van der Waals surface area contributed by atoms with Gasteiger partial charge in [-0.2, -0.15) is 0 Å². The van der Waals surface area contributed by atoms with Gasteiger partial charge in [-0.1, -0.05) is 0 Å². The van der Waals surface area contributed by atoms with E-state index in [1.165, 1.54) is 6.92 Å². The van der Waals surface area contributed by atoms with E-state index in [1.807, 2.05) is 4.98 Å². The lowest BCUT2D eigenvalue weighted by molar-refractivity contribution is 0.249. The Labute approximate surface area is 66.6 Å². The van der Waals surface area contributed by atoms with Gasteiger partial charge in [0.15, 0.2) is 0 Å². The van der Waals surface area contributed by atoms with Gasteiger partial charge in [-0.3, -0.25) is 9.78 Å². The van der Waals surface area contributed by atoms with Crippen molar-refractivity contribution in [1.82, 2.24) is 9.55 Å². The minimum atomic E-state index is -0.917. The molecule has 1 aromatic rings. The van der Waals surface area contributed by atoms with Crippen molar-refractivity contribution >= 4 is 6.03 Å². The van der Waals surface area contributed by atoms with Gasteiger partial charge in [-0.05, 0) is 6.92 Å². The number of aromatic amines is 1. The zero-order valence-electron chi connectivity index (χ0n) is 6.33. The van der Waals surface area contributed by atoms with E-state index in [2.05, 4.69) is 0 Å². The van der Waals surface area contributed by atoms with Gasteiger partial charge >= 0.3 is 11.7 Å². The molecule has 0 radical (unpaired) electrons. The maximum Gasteiger partial charge on any atom is 0.336 e. The minimum Gasteiger partial charge on any atom is -0.351 e. The van der Waals surface area contributed by atoms with Crippen LogP contribution in [0.2, 0.25) is 0 Å². The number of carbonyl (C=O) groups is 1. The van der Waals surface area contributed by atoms with Gasteiger partial charge in [-0.15, -0.1) is 0 Å². The SMILES string of the molecule is Cc1cn(C(N)=O)c(=O)[nH]c1=O. The summed E-state index contributed by atoms with van der Waals surface area (Å²) in [6, 6.07) is -0.917. The van der Waals surface area contributed by atoms with Crippen molar-refractivity contribution in [2.75, 3.05) is 0 Å². The quantitative estimate of drug-likeness (QED) is 0.508. The van der Waals surface area contributed by atoms with Crippen LogP contribution in [0, 0.1) is 6.92 Å². The third-order valence-electron chi connectivity index (χ3n) is 1.36. The Bertz CT molecular complexity index is 428. The summed E-state index contributed by atoms with van der Waals surface area (Å²) in [4.78, 5) is 34.1. The Hall–Kier alpha value is -1.85. The minimum absolute atomic E-state index is 0.258. The third kappa shape index (κ3) is 1.26. The zero-order valence-corrected chi connectivity index (χ0v) is 6.33. The monoisotopic (exact) mass is 169 g/mol. The van der Waals surface area contributed by atoms with Crippen LogP contribution in [-0.2, 0) is 0 Å². The van der Waals surface area contributed by atoms with Gasteiger partial charge in [0.1, 0.15) is 0 Å². The average molecular weight is 169 g/mol. The number of rotatable bonds is 0. The molecule has 1 heterocycles. The van der Waals surface area contributed by atoms with Crippen molar-refractivity contribution in [2.24, 2.45) is 5.73 Å². The van der Waals surface area contributed by atoms with Crippen molar-refractivity contribution in [1.29, 1.82) is 0 Å². The molecular formula is C6H7N3O3. The largest absolute Gasteiger partial charge is 0.351 e. The number of H-pyrrole nitrogens is 1. The van der Waals surface area contributed by atoms with Crippen LogP contribution in [0.1, 0.15) is 5.56 Å². The van der Waals surface area contributed by atoms with Crippen LogP contribution >= 0.6 is 0 Å². The highest BCUT2D eigenvalue weighted by molar-refractivity contribution is 5.74. The number of nitrogens with zero attached hydrogens (tertiary/aromatic N) is 1. The highest BCUT2D eigenvalue weighted by Gasteiger charge is 2.03. The maximum absolute atomic E-state index is 10.8. The van der Waals surface area contributed by atoms with Crippen molar-refractivity contribution < 1.29 is 4.79 Å². The molecule has 0 bridgehead atoms. The number of nitrogens with one attached hydrogen (secondary N) is 1. The molecule has 6 heteroatoms. The van der Waals surface area contributed by atoms with E-state index in [0.717, 1.165) is 6.20 Å². The fraction of sp³-hybridized carbons (Fsp3) is 0.167. The fourth-order valence-electron chi connectivity index (χ4n) is 0.731. The van der Waals surface area contributed by atoms with E-state index in [1.54, 1.807) is 0 Å². The number of hydrogen-bond acceptors (Lipinski definition) is 3. The molecule has 12 heavy (non-hydrogen) atoms. The lowest BCUT2D eigenvalue weighted by atomic mass is 10.4. The number of carbonyl (C=O) groups excluding carboxylic acids is 1. The topological polar surface area (TPSA) is 97.9 Å². The normalized spacial score (nSPS) is 9.75. The second kappa shape index (κ2) is 2.65. The molecule has 0 saturated carbocycles. The van der Waals surface area contributed by atoms with Crippen molar-refractivity contribution in [3.63, 3.8) is 0 Å². The van der Waals surface area contributed by atoms with Crippen molar-refractivity contribution in [3.8, 4) is 0 Å². The molecule has 6 nitrogen and oxygen atoms in total. The Kier molecular flexibility index (Phi) is 1.82. The summed E-state index contributed by atoms with van der Waals surface area (Å²) >= 11 is 0. The van der Waals surface area contributed by atoms with Crippen molar-refractivity contribution in [2.45, 2.75) is 6.92 Å². The second-order valence-electron chi connectivity index (χ2n) is 2.28. The summed E-state index contributed by atoms with van der Waals surface area (Å²) in [6.45, 7) is 1.47. The summed E-state index contributed by atoms with van der Waals surface area (Å²) in [5.74, 6) is 0. The Balaban J connectivity index is 3.54. The Morgan fingerprint density at radius 2 is 2.17 bits per heavy atom. The summed E-state index contributed by atoms with van der Waals surface area (Å²) in [6.07, 6.45) is 1.10. The van der Waals surface area contributed by atoms with Gasteiger partial charge in [-0.25, -0.2) is 14.2 Å². The van der Waals surface area contributed by atoms with Crippen LogP contribution in [0.5, 0.6) is 0 Å². The van der Waals surface area contributed by atoms with Crippen LogP contribution in [0.15, 0.2) is 15.8 Å². The molecule has 3 N–H and O–H groups in total. The molecule has 64 valence electrons. The maximum atomic E-state index is 10.8. The summed E-state index contributed by atoms with van der Waals surface area (Å²) in [5.41, 5.74) is 3.76. The van der Waals surface area contributed by atoms with Gasteiger partial charge in [0.05, 0.1) is 0 Å². The summed E-state index contributed by atoms with van der Waals surface area (Å²) in [7, 11) is 0. The van der Waals surface area contributed by atoms with Crippen LogP contribution in [0.4, 0.5) is 4.79 Å². The van der Waals surface area contributed by atoms with Crippen molar-refractivity contribution in [3.05, 3.63) is 32.6 Å². The molecule has 0 aromatic carbocycles. The van der Waals surface area contributed by atoms with Gasteiger partial charge in [0.2, 0.25) is 0 Å². The molecule has 0 spiro atoms. The molecule has 0 atom stereocenters. The van der Waals surface area contributed by atoms with E-state index >= 15 is 0 Å². The molecule has 1 amide bonds. The molecule has 1 rings (SSSR count). The third-order valence-corrected chi connectivity index (χ3v) is 1.36. The number of aryl methyl sites for hydroxylation is 1. The molecular weight excluding hydrogens is 162 g/mol. The van der Waals surface area contributed by atoms with Crippen LogP contribution in [0.25, 0.3) is 0 Å². The van der Waals surface area contributed by atoms with E-state index in [4.69, 9.17) is 5.73 Å². The smallest absolute Gasteiger partial charge is 0.336 e. The van der Waals surface area contributed by atoms with E-state index < -0.39 is 17.3 Å². The molecule has 1 aromatic heterocycles. The number of nitrogens with two attached hydrogens (primary N) is 1. The lowest BCUT2D eigenvalue weighted by Crippen LogP contribution is -2.37. The highest BCUT2D eigenvalue weighted by Crippen LogP contribution is 1.81. The predicted molar refractivity (Wildman–Crippen MR) is 41.0 cm³/mol. The highest BCUT2D eigenvalue weighted by atomic mass is 16.2. The van der Waals surface area contributed by atoms with E-state index in [9.17, 15) is 14.4 Å². The number of amides is 1. The van der Waals surface area contributed by atoms with Crippen LogP contribution < -0.4 is 17.0 Å². The first-order valence-electron chi connectivity index (χ1n) is 3.15. The molecule has 0 fully saturated rings. The zero-order chi connectivity index (χ0) is 9.30. The van der Waals surface area contributed by atoms with Gasteiger partial charge < -0.3 is 5.73 Å². The van der Waals surface area contributed by atoms with Gasteiger partial charge in [0, 0.05) is 11.8 Å². The molecule has 0 aliphatic rings. The number of primary amides is 1. The summed E-state index contributed by atoms with van der Waals surface area (Å²) in [5, 5.41) is 0. The first-order chi connectivity index (χ1) is 5.52. The van der Waals surface area contributed by atoms with Crippen LogP contribution in [-0.4, -0.2) is 15.6 Å². The Morgan fingerprint density at radius 3 is 2.67 bits per heavy atom. The fourth-order valence-corrected chi connectivity index (χ4v) is 0.731. The molecule has 0 saturated heterocycles. The molecule has 0 aliphatic carbocycles. The molecule has 0 unspecified atom stereocenters.